The molecule has 2 heterocycles. The van der Waals surface area contributed by atoms with Crippen LogP contribution >= 0.6 is 0 Å². The molecule has 4 rings (SSSR count). The molecule has 0 aromatic heterocycles. The molecule has 10 heteroatoms. The van der Waals surface area contributed by atoms with E-state index in [0.29, 0.717) is 12.8 Å². The fraction of sp³-hybridized carbons (Fsp3) is 0.484. The van der Waals surface area contributed by atoms with Gasteiger partial charge in [0.1, 0.15) is 24.9 Å². The Labute approximate surface area is 240 Å². The molecule has 0 saturated carbocycles. The minimum atomic E-state index is -1.29. The molecular formula is C31H38N2O8. The van der Waals surface area contributed by atoms with Crippen molar-refractivity contribution < 1.29 is 38.1 Å². The smallest absolute Gasteiger partial charge is 0.420 e. The maximum atomic E-state index is 13.4. The number of carbonyl (C=O) groups excluding carboxylic acids is 4. The summed E-state index contributed by atoms with van der Waals surface area (Å²) in [6.07, 6.45) is -0.218. The molecule has 41 heavy (non-hydrogen) atoms. The highest BCUT2D eigenvalue weighted by Crippen LogP contribution is 2.42. The number of rotatable bonds is 7. The number of esters is 1. The van der Waals surface area contributed by atoms with Crippen LogP contribution in [0, 0.1) is 5.92 Å². The van der Waals surface area contributed by atoms with Gasteiger partial charge in [-0.3, -0.25) is 0 Å². The first-order chi connectivity index (χ1) is 19.6. The summed E-state index contributed by atoms with van der Waals surface area (Å²) >= 11 is 0. The molecule has 2 aliphatic heterocycles. The van der Waals surface area contributed by atoms with Crippen LogP contribution in [0.4, 0.5) is 14.4 Å². The first kappa shape index (κ1) is 29.9. The molecule has 0 aliphatic carbocycles. The van der Waals surface area contributed by atoms with E-state index in [1.165, 1.54) is 7.11 Å². The van der Waals surface area contributed by atoms with Gasteiger partial charge < -0.3 is 23.8 Å². The van der Waals surface area contributed by atoms with Crippen molar-refractivity contribution >= 4 is 24.2 Å². The number of ether oxygens (including phenoxy) is 4. The van der Waals surface area contributed by atoms with Crippen LogP contribution in [0.3, 0.4) is 0 Å². The van der Waals surface area contributed by atoms with Crippen molar-refractivity contribution in [2.24, 2.45) is 5.92 Å². The number of hydrogen-bond acceptors (Lipinski definition) is 8. The summed E-state index contributed by atoms with van der Waals surface area (Å²) < 4.78 is 21.7. The summed E-state index contributed by atoms with van der Waals surface area (Å²) in [5.74, 6) is -1.23. The SMILES string of the molecule is COC(=O)[C@H](C1CC2CCC(C1)N2C(=O)OCc1ccccc1)N(C(=O)OCc1ccccc1)C(=O)OC(C)(C)C. The van der Waals surface area contributed by atoms with E-state index in [9.17, 15) is 19.2 Å². The van der Waals surface area contributed by atoms with Crippen LogP contribution in [0.15, 0.2) is 60.7 Å². The van der Waals surface area contributed by atoms with Crippen LogP contribution in [0.25, 0.3) is 0 Å². The van der Waals surface area contributed by atoms with E-state index < -0.39 is 41.8 Å². The van der Waals surface area contributed by atoms with Gasteiger partial charge in [0.15, 0.2) is 0 Å². The molecule has 2 aromatic carbocycles. The van der Waals surface area contributed by atoms with E-state index in [1.807, 2.05) is 36.4 Å². The van der Waals surface area contributed by atoms with Crippen molar-refractivity contribution in [2.75, 3.05) is 7.11 Å². The number of piperidine rings is 1. The zero-order chi connectivity index (χ0) is 29.6. The average Bonchev–Trinajstić information content (AvgIpc) is 3.22. The lowest BCUT2D eigenvalue weighted by molar-refractivity contribution is -0.149. The molecule has 10 nitrogen and oxygen atoms in total. The topological polar surface area (TPSA) is 112 Å². The minimum Gasteiger partial charge on any atom is -0.467 e. The molecule has 2 fully saturated rings. The number of fused-ring (bicyclic) bond motifs is 2. The van der Waals surface area contributed by atoms with Gasteiger partial charge in [0, 0.05) is 12.1 Å². The van der Waals surface area contributed by atoms with Crippen LogP contribution in [0.2, 0.25) is 0 Å². The third-order valence-corrected chi connectivity index (χ3v) is 7.34. The second-order valence-corrected chi connectivity index (χ2v) is 11.4. The molecule has 2 bridgehead atoms. The van der Waals surface area contributed by atoms with E-state index >= 15 is 0 Å². The summed E-state index contributed by atoms with van der Waals surface area (Å²) in [6.45, 7) is 5.08. The molecule has 2 unspecified atom stereocenters. The first-order valence-corrected chi connectivity index (χ1v) is 13.9. The maximum Gasteiger partial charge on any atom is 0.420 e. The summed E-state index contributed by atoms with van der Waals surface area (Å²) in [6, 6.07) is 16.7. The van der Waals surface area contributed by atoms with Crippen molar-refractivity contribution in [3.8, 4) is 0 Å². The van der Waals surface area contributed by atoms with E-state index in [4.69, 9.17) is 18.9 Å². The van der Waals surface area contributed by atoms with E-state index in [-0.39, 0.29) is 25.3 Å². The molecule has 2 saturated heterocycles. The lowest BCUT2D eigenvalue weighted by Gasteiger charge is -2.42. The summed E-state index contributed by atoms with van der Waals surface area (Å²) in [7, 11) is 1.21. The van der Waals surface area contributed by atoms with Crippen LogP contribution in [-0.2, 0) is 37.0 Å². The number of hydrogen-bond donors (Lipinski definition) is 0. The van der Waals surface area contributed by atoms with Gasteiger partial charge in [-0.15, -0.1) is 0 Å². The third kappa shape index (κ3) is 7.56. The molecular weight excluding hydrogens is 528 g/mol. The van der Waals surface area contributed by atoms with Crippen LogP contribution < -0.4 is 0 Å². The molecule has 0 N–H and O–H groups in total. The quantitative estimate of drug-likeness (QED) is 0.311. The van der Waals surface area contributed by atoms with Gasteiger partial charge in [-0.2, -0.15) is 4.90 Å². The Morgan fingerprint density at radius 2 is 1.34 bits per heavy atom. The Hall–Kier alpha value is -4.08. The minimum absolute atomic E-state index is 0.0934. The van der Waals surface area contributed by atoms with E-state index in [0.717, 1.165) is 28.9 Å². The number of methoxy groups -OCH3 is 1. The van der Waals surface area contributed by atoms with Crippen molar-refractivity contribution in [2.45, 2.75) is 83.4 Å². The maximum absolute atomic E-state index is 13.4. The fourth-order valence-electron chi connectivity index (χ4n) is 5.60. The Morgan fingerprint density at radius 3 is 1.83 bits per heavy atom. The number of amides is 3. The van der Waals surface area contributed by atoms with Gasteiger partial charge in [0.2, 0.25) is 0 Å². The number of nitrogens with zero attached hydrogens (tertiary/aromatic N) is 2. The Kier molecular flexibility index (Phi) is 9.52. The Bertz CT molecular complexity index is 1200. The molecule has 3 amide bonds. The van der Waals surface area contributed by atoms with Crippen LogP contribution in [-0.4, -0.2) is 64.9 Å². The zero-order valence-corrected chi connectivity index (χ0v) is 24.0. The molecule has 3 atom stereocenters. The first-order valence-electron chi connectivity index (χ1n) is 13.9. The second-order valence-electron chi connectivity index (χ2n) is 11.4. The van der Waals surface area contributed by atoms with Gasteiger partial charge in [-0.1, -0.05) is 60.7 Å². The third-order valence-electron chi connectivity index (χ3n) is 7.34. The standard InChI is InChI=1S/C31H38N2O8/c1-31(2,3)41-30(37)33(29(36)40-20-22-13-9-6-10-14-22)26(27(34)38-4)23-17-24-15-16-25(18-23)32(24)28(35)39-19-21-11-7-5-8-12-21/h5-14,23-26H,15-20H2,1-4H3/t23?,24?,25?,26-/m0/s1. The normalized spacial score (nSPS) is 20.5. The highest BCUT2D eigenvalue weighted by molar-refractivity contribution is 5.94. The fourth-order valence-corrected chi connectivity index (χ4v) is 5.60. The second kappa shape index (κ2) is 13.1. The van der Waals surface area contributed by atoms with Gasteiger partial charge in [0.05, 0.1) is 7.11 Å². The zero-order valence-electron chi connectivity index (χ0n) is 24.0. The molecule has 2 aromatic rings. The Morgan fingerprint density at radius 1 is 0.829 bits per heavy atom. The van der Waals surface area contributed by atoms with Gasteiger partial charge >= 0.3 is 24.2 Å². The lowest BCUT2D eigenvalue weighted by Crippen LogP contribution is -2.58. The van der Waals surface area contributed by atoms with Crippen molar-refractivity contribution in [1.29, 1.82) is 0 Å². The van der Waals surface area contributed by atoms with E-state index in [2.05, 4.69) is 0 Å². The molecule has 2 aliphatic rings. The van der Waals surface area contributed by atoms with Gasteiger partial charge in [0.25, 0.3) is 0 Å². The van der Waals surface area contributed by atoms with Crippen LogP contribution in [0.1, 0.15) is 57.6 Å². The average molecular weight is 567 g/mol. The number of imide groups is 1. The molecule has 220 valence electrons. The predicted molar refractivity (Wildman–Crippen MR) is 149 cm³/mol. The Balaban J connectivity index is 1.53. The summed E-state index contributed by atoms with van der Waals surface area (Å²) in [4.78, 5) is 55.6. The molecule has 0 radical (unpaired) electrons. The number of benzene rings is 2. The monoisotopic (exact) mass is 566 g/mol. The molecule has 0 spiro atoms. The highest BCUT2D eigenvalue weighted by Gasteiger charge is 2.51. The van der Waals surface area contributed by atoms with E-state index in [1.54, 1.807) is 49.9 Å². The summed E-state index contributed by atoms with van der Waals surface area (Å²) in [5.41, 5.74) is 0.677. The number of carbonyl (C=O) groups is 4. The summed E-state index contributed by atoms with van der Waals surface area (Å²) in [5, 5.41) is 0. The van der Waals surface area contributed by atoms with Gasteiger partial charge in [-0.25, -0.2) is 19.2 Å². The lowest BCUT2D eigenvalue weighted by atomic mass is 9.84. The highest BCUT2D eigenvalue weighted by atomic mass is 16.6. The largest absolute Gasteiger partial charge is 0.467 e. The van der Waals surface area contributed by atoms with Crippen molar-refractivity contribution in [1.82, 2.24) is 9.80 Å². The van der Waals surface area contributed by atoms with Crippen LogP contribution in [0.5, 0.6) is 0 Å². The predicted octanol–water partition coefficient (Wildman–Crippen LogP) is 5.68. The van der Waals surface area contributed by atoms with Gasteiger partial charge in [-0.05, 0) is 63.5 Å². The van der Waals surface area contributed by atoms with Crippen molar-refractivity contribution in [3.05, 3.63) is 71.8 Å². The van der Waals surface area contributed by atoms with Crippen molar-refractivity contribution in [3.63, 3.8) is 0 Å².